The molecule has 1 N–H and O–H groups in total. The molecular formula is C28H32N2O4. The molecule has 0 fully saturated rings. The number of furan rings is 1. The molecule has 1 amide bonds. The van der Waals surface area contributed by atoms with Gasteiger partial charge in [-0.1, -0.05) is 35.0 Å². The second-order valence-electron chi connectivity index (χ2n) is 9.22. The average Bonchev–Trinajstić information content (AvgIpc) is 3.32. The Bertz CT molecular complexity index is 1300. The van der Waals surface area contributed by atoms with E-state index in [1.165, 1.54) is 5.56 Å². The maximum atomic E-state index is 13.0. The molecular weight excluding hydrogens is 428 g/mol. The van der Waals surface area contributed by atoms with Crippen LogP contribution in [0.25, 0.3) is 22.3 Å². The van der Waals surface area contributed by atoms with Crippen molar-refractivity contribution < 1.29 is 18.5 Å². The Hall–Kier alpha value is -3.38. The van der Waals surface area contributed by atoms with E-state index in [1.807, 2.05) is 52.0 Å². The van der Waals surface area contributed by atoms with Crippen LogP contribution in [0.4, 0.5) is 0 Å². The van der Waals surface area contributed by atoms with Gasteiger partial charge in [-0.25, -0.2) is 0 Å². The van der Waals surface area contributed by atoms with Crippen LogP contribution in [-0.4, -0.2) is 23.8 Å². The van der Waals surface area contributed by atoms with Gasteiger partial charge in [0.2, 0.25) is 5.91 Å². The molecule has 34 heavy (non-hydrogen) atoms. The summed E-state index contributed by atoms with van der Waals surface area (Å²) in [5, 5.41) is 8.13. The summed E-state index contributed by atoms with van der Waals surface area (Å²) < 4.78 is 17.2. The van der Waals surface area contributed by atoms with Crippen LogP contribution in [0.5, 0.6) is 0 Å². The molecule has 178 valence electrons. The Labute approximate surface area is 200 Å². The summed E-state index contributed by atoms with van der Waals surface area (Å²) in [7, 11) is 0. The zero-order valence-electron chi connectivity index (χ0n) is 20.7. The van der Waals surface area contributed by atoms with E-state index in [9.17, 15) is 4.79 Å². The first kappa shape index (κ1) is 23.8. The van der Waals surface area contributed by atoms with Crippen LogP contribution in [0.2, 0.25) is 0 Å². The highest BCUT2D eigenvalue weighted by Crippen LogP contribution is 2.32. The van der Waals surface area contributed by atoms with E-state index in [0.717, 1.165) is 44.7 Å². The fourth-order valence-corrected chi connectivity index (χ4v) is 4.31. The van der Waals surface area contributed by atoms with Crippen LogP contribution in [0.1, 0.15) is 53.6 Å². The van der Waals surface area contributed by atoms with Crippen molar-refractivity contribution in [3.63, 3.8) is 0 Å². The van der Waals surface area contributed by atoms with Crippen LogP contribution < -0.4 is 5.32 Å². The number of rotatable bonds is 8. The van der Waals surface area contributed by atoms with Gasteiger partial charge >= 0.3 is 0 Å². The Balaban J connectivity index is 1.52. The molecule has 2 aromatic carbocycles. The van der Waals surface area contributed by atoms with Crippen molar-refractivity contribution >= 4 is 16.9 Å². The number of amides is 1. The SMILES string of the molecule is Cc1ccc(C(COC(C)C)NC(=O)Cc2ccc3oc(-c4c(C)noc4C)cc3c2)c(C)c1. The summed E-state index contributed by atoms with van der Waals surface area (Å²) in [6, 6.07) is 13.9. The van der Waals surface area contributed by atoms with E-state index < -0.39 is 0 Å². The molecule has 0 aliphatic rings. The van der Waals surface area contributed by atoms with Gasteiger partial charge in [-0.3, -0.25) is 4.79 Å². The third kappa shape index (κ3) is 5.23. The van der Waals surface area contributed by atoms with Gasteiger partial charge in [0.05, 0.1) is 36.4 Å². The second-order valence-corrected chi connectivity index (χ2v) is 9.22. The highest BCUT2D eigenvalue weighted by molar-refractivity contribution is 5.86. The number of ether oxygens (including phenoxy) is 1. The lowest BCUT2D eigenvalue weighted by Gasteiger charge is -2.22. The summed E-state index contributed by atoms with van der Waals surface area (Å²) >= 11 is 0. The molecule has 6 heteroatoms. The number of aromatic nitrogens is 1. The van der Waals surface area contributed by atoms with Gasteiger partial charge in [0.1, 0.15) is 17.1 Å². The van der Waals surface area contributed by atoms with Gasteiger partial charge in [-0.2, -0.15) is 0 Å². The zero-order chi connectivity index (χ0) is 24.4. The van der Waals surface area contributed by atoms with E-state index in [4.69, 9.17) is 13.7 Å². The summed E-state index contributed by atoms with van der Waals surface area (Å²) in [5.41, 5.74) is 6.76. The third-order valence-electron chi connectivity index (χ3n) is 5.96. The largest absolute Gasteiger partial charge is 0.456 e. The lowest BCUT2D eigenvalue weighted by atomic mass is 9.99. The topological polar surface area (TPSA) is 77.5 Å². The number of fused-ring (bicyclic) bond motifs is 1. The Morgan fingerprint density at radius 2 is 1.85 bits per heavy atom. The summed E-state index contributed by atoms with van der Waals surface area (Å²) in [6.07, 6.45) is 0.353. The van der Waals surface area contributed by atoms with Crippen LogP contribution in [0, 0.1) is 27.7 Å². The maximum absolute atomic E-state index is 13.0. The first-order valence-electron chi connectivity index (χ1n) is 11.6. The summed E-state index contributed by atoms with van der Waals surface area (Å²) in [4.78, 5) is 13.0. The quantitative estimate of drug-likeness (QED) is 0.341. The number of benzene rings is 2. The van der Waals surface area contributed by atoms with E-state index in [2.05, 4.69) is 42.5 Å². The minimum Gasteiger partial charge on any atom is -0.456 e. The number of hydrogen-bond acceptors (Lipinski definition) is 5. The van der Waals surface area contributed by atoms with E-state index >= 15 is 0 Å². The van der Waals surface area contributed by atoms with Gasteiger partial charge in [-0.15, -0.1) is 0 Å². The molecule has 0 spiro atoms. The monoisotopic (exact) mass is 460 g/mol. The molecule has 0 saturated heterocycles. The second kappa shape index (κ2) is 9.85. The molecule has 0 bridgehead atoms. The minimum atomic E-state index is -0.209. The van der Waals surface area contributed by atoms with Crippen LogP contribution in [-0.2, 0) is 16.0 Å². The lowest BCUT2D eigenvalue weighted by molar-refractivity contribution is -0.121. The highest BCUT2D eigenvalue weighted by atomic mass is 16.5. The number of carbonyl (C=O) groups is 1. The predicted octanol–water partition coefficient (Wildman–Crippen LogP) is 6.15. The first-order valence-corrected chi connectivity index (χ1v) is 11.6. The van der Waals surface area contributed by atoms with Crippen LogP contribution >= 0.6 is 0 Å². The smallest absolute Gasteiger partial charge is 0.224 e. The fraction of sp³-hybridized carbons (Fsp3) is 0.357. The van der Waals surface area contributed by atoms with Gasteiger partial charge < -0.3 is 19.0 Å². The molecule has 2 heterocycles. The predicted molar refractivity (Wildman–Crippen MR) is 133 cm³/mol. The van der Waals surface area contributed by atoms with Crippen molar-refractivity contribution in [1.29, 1.82) is 0 Å². The fourth-order valence-electron chi connectivity index (χ4n) is 4.31. The van der Waals surface area contributed by atoms with Gasteiger partial charge in [0.25, 0.3) is 0 Å². The molecule has 0 saturated carbocycles. The molecule has 1 unspecified atom stereocenters. The van der Waals surface area contributed by atoms with Gasteiger partial charge in [0, 0.05) is 5.39 Å². The van der Waals surface area contributed by atoms with Crippen molar-refractivity contribution in [2.24, 2.45) is 0 Å². The normalized spacial score (nSPS) is 12.4. The standard InChI is InChI=1S/C28H32N2O4/c1-16(2)32-15-24(23-9-7-17(3)11-18(23)4)29-27(31)13-21-8-10-25-22(12-21)14-26(33-25)28-19(5)30-34-20(28)6/h7-12,14,16,24H,13,15H2,1-6H3,(H,29,31). The highest BCUT2D eigenvalue weighted by Gasteiger charge is 2.19. The third-order valence-corrected chi connectivity index (χ3v) is 5.96. The Kier molecular flexibility index (Phi) is 6.89. The number of nitrogens with zero attached hydrogens (tertiary/aromatic N) is 1. The molecule has 2 aromatic heterocycles. The maximum Gasteiger partial charge on any atom is 0.224 e. The first-order chi connectivity index (χ1) is 16.2. The van der Waals surface area contributed by atoms with E-state index in [0.29, 0.717) is 12.4 Å². The number of aryl methyl sites for hydroxylation is 4. The van der Waals surface area contributed by atoms with Crippen LogP contribution in [0.15, 0.2) is 51.4 Å². The van der Waals surface area contributed by atoms with E-state index in [-0.39, 0.29) is 24.5 Å². The number of hydrogen-bond donors (Lipinski definition) is 1. The van der Waals surface area contributed by atoms with E-state index in [1.54, 1.807) is 0 Å². The Morgan fingerprint density at radius 3 is 2.53 bits per heavy atom. The van der Waals surface area contributed by atoms with Crippen molar-refractivity contribution in [3.8, 4) is 11.3 Å². The number of nitrogens with one attached hydrogen (secondary N) is 1. The molecule has 6 nitrogen and oxygen atoms in total. The van der Waals surface area contributed by atoms with Gasteiger partial charge in [-0.05, 0) is 76.4 Å². The lowest BCUT2D eigenvalue weighted by Crippen LogP contribution is -2.33. The van der Waals surface area contributed by atoms with Gasteiger partial charge in [0.15, 0.2) is 0 Å². The van der Waals surface area contributed by atoms with Crippen molar-refractivity contribution in [3.05, 3.63) is 76.2 Å². The Morgan fingerprint density at radius 1 is 1.06 bits per heavy atom. The summed E-state index contributed by atoms with van der Waals surface area (Å²) in [6.45, 7) is 12.3. The van der Waals surface area contributed by atoms with Crippen LogP contribution in [0.3, 0.4) is 0 Å². The average molecular weight is 461 g/mol. The minimum absolute atomic E-state index is 0.0499. The molecule has 0 aliphatic carbocycles. The zero-order valence-corrected chi connectivity index (χ0v) is 20.7. The van der Waals surface area contributed by atoms with Crippen molar-refractivity contribution in [2.45, 2.75) is 60.1 Å². The van der Waals surface area contributed by atoms with Crippen molar-refractivity contribution in [1.82, 2.24) is 10.5 Å². The van der Waals surface area contributed by atoms with Crippen molar-refractivity contribution in [2.75, 3.05) is 6.61 Å². The molecule has 0 aliphatic heterocycles. The summed E-state index contributed by atoms with van der Waals surface area (Å²) in [5.74, 6) is 1.39. The molecule has 4 aromatic rings. The molecule has 4 rings (SSSR count). The number of carbonyl (C=O) groups excluding carboxylic acids is 1. The molecule has 1 atom stereocenters. The molecule has 0 radical (unpaired) electrons.